The summed E-state index contributed by atoms with van der Waals surface area (Å²) in [7, 11) is 0. The SMILES string of the molecule is O=C(Nc1cc(Cl)ccc1Cl)Oc1c(Cl)c(Cl)c(Cl)c(Cl)c1Cl. The van der Waals surface area contributed by atoms with Crippen LogP contribution < -0.4 is 10.1 Å². The normalized spacial score (nSPS) is 10.6. The molecule has 0 aliphatic rings. The highest BCUT2D eigenvalue weighted by atomic mass is 35.5. The molecule has 0 saturated heterocycles. The molecule has 0 aromatic heterocycles. The lowest BCUT2D eigenvalue weighted by Gasteiger charge is -2.13. The van der Waals surface area contributed by atoms with Gasteiger partial charge in [0.2, 0.25) is 0 Å². The second-order valence-electron chi connectivity index (χ2n) is 4.04. The lowest BCUT2D eigenvalue weighted by molar-refractivity contribution is 0.215. The fourth-order valence-corrected chi connectivity index (χ4v) is 3.03. The van der Waals surface area contributed by atoms with E-state index in [0.717, 1.165) is 0 Å². The highest BCUT2D eigenvalue weighted by molar-refractivity contribution is 6.55. The van der Waals surface area contributed by atoms with E-state index in [-0.39, 0.29) is 41.6 Å². The van der Waals surface area contributed by atoms with Crippen molar-refractivity contribution in [1.29, 1.82) is 0 Å². The number of benzene rings is 2. The topological polar surface area (TPSA) is 38.3 Å². The number of carbonyl (C=O) groups is 1. The Kier molecular flexibility index (Phi) is 6.42. The van der Waals surface area contributed by atoms with Crippen molar-refractivity contribution in [2.45, 2.75) is 0 Å². The molecule has 0 heterocycles. The van der Waals surface area contributed by atoms with Gasteiger partial charge in [0.25, 0.3) is 0 Å². The van der Waals surface area contributed by atoms with Gasteiger partial charge in [-0.25, -0.2) is 4.79 Å². The largest absolute Gasteiger partial charge is 0.417 e. The summed E-state index contributed by atoms with van der Waals surface area (Å²) in [5.74, 6) is -0.233. The number of halogens is 7. The van der Waals surface area contributed by atoms with Crippen molar-refractivity contribution < 1.29 is 9.53 Å². The monoisotopic (exact) mass is 451 g/mol. The van der Waals surface area contributed by atoms with E-state index in [1.54, 1.807) is 6.07 Å². The first-order chi connectivity index (χ1) is 10.7. The van der Waals surface area contributed by atoms with Crippen molar-refractivity contribution in [3.05, 3.63) is 53.4 Å². The molecule has 2 aromatic carbocycles. The van der Waals surface area contributed by atoms with Crippen LogP contribution in [-0.4, -0.2) is 6.09 Å². The van der Waals surface area contributed by atoms with E-state index in [4.69, 9.17) is 85.9 Å². The van der Waals surface area contributed by atoms with E-state index in [2.05, 4.69) is 5.32 Å². The summed E-state index contributed by atoms with van der Waals surface area (Å²) in [6, 6.07) is 4.51. The van der Waals surface area contributed by atoms with Crippen molar-refractivity contribution >= 4 is 93.0 Å². The summed E-state index contributed by atoms with van der Waals surface area (Å²) < 4.78 is 5.05. The summed E-state index contributed by atoms with van der Waals surface area (Å²) in [4.78, 5) is 12.0. The summed E-state index contributed by atoms with van der Waals surface area (Å²) in [5.41, 5.74) is 0.238. The number of hydrogen-bond donors (Lipinski definition) is 1. The maximum Gasteiger partial charge on any atom is 0.417 e. The third-order valence-electron chi connectivity index (χ3n) is 2.53. The molecule has 0 aliphatic heterocycles. The molecule has 2 rings (SSSR count). The molecule has 0 radical (unpaired) electrons. The molecular weight excluding hydrogens is 450 g/mol. The zero-order valence-electron chi connectivity index (χ0n) is 10.7. The van der Waals surface area contributed by atoms with Crippen LogP contribution in [0.25, 0.3) is 0 Å². The van der Waals surface area contributed by atoms with Crippen LogP contribution in [0.2, 0.25) is 35.2 Å². The predicted octanol–water partition coefficient (Wildman–Crippen LogP) is 7.87. The van der Waals surface area contributed by atoms with Gasteiger partial charge in [-0.2, -0.15) is 0 Å². The molecule has 0 aliphatic carbocycles. The molecule has 0 unspecified atom stereocenters. The Bertz CT molecular complexity index is 765. The van der Waals surface area contributed by atoms with Gasteiger partial charge in [0, 0.05) is 5.02 Å². The minimum absolute atomic E-state index is 0.0472. The number of ether oxygens (including phenoxy) is 1. The van der Waals surface area contributed by atoms with Crippen LogP contribution in [-0.2, 0) is 0 Å². The maximum atomic E-state index is 12.0. The number of rotatable bonds is 2. The fourth-order valence-electron chi connectivity index (χ4n) is 1.50. The van der Waals surface area contributed by atoms with Gasteiger partial charge < -0.3 is 4.74 Å². The van der Waals surface area contributed by atoms with Crippen LogP contribution in [0, 0.1) is 0 Å². The number of carbonyl (C=O) groups excluding carboxylic acids is 1. The lowest BCUT2D eigenvalue weighted by Crippen LogP contribution is -2.17. The zero-order valence-corrected chi connectivity index (χ0v) is 16.0. The van der Waals surface area contributed by atoms with Gasteiger partial charge in [-0.1, -0.05) is 81.2 Å². The van der Waals surface area contributed by atoms with E-state index >= 15 is 0 Å². The van der Waals surface area contributed by atoms with E-state index < -0.39 is 6.09 Å². The quantitative estimate of drug-likeness (QED) is 0.370. The van der Waals surface area contributed by atoms with Crippen LogP contribution >= 0.6 is 81.2 Å². The Morgan fingerprint density at radius 2 is 1.35 bits per heavy atom. The van der Waals surface area contributed by atoms with Gasteiger partial charge >= 0.3 is 6.09 Å². The molecule has 23 heavy (non-hydrogen) atoms. The van der Waals surface area contributed by atoms with Crippen LogP contribution in [0.15, 0.2) is 18.2 Å². The van der Waals surface area contributed by atoms with Crippen molar-refractivity contribution in [3.63, 3.8) is 0 Å². The predicted molar refractivity (Wildman–Crippen MR) is 97.6 cm³/mol. The third-order valence-corrected chi connectivity index (χ3v) is 5.34. The average molecular weight is 454 g/mol. The minimum Gasteiger partial charge on any atom is -0.407 e. The van der Waals surface area contributed by atoms with E-state index in [0.29, 0.717) is 5.02 Å². The molecular formula is C13H4Cl7NO2. The first-order valence-corrected chi connectivity index (χ1v) is 8.32. The second kappa shape index (κ2) is 7.75. The molecule has 0 atom stereocenters. The minimum atomic E-state index is -0.924. The number of amides is 1. The van der Waals surface area contributed by atoms with Crippen LogP contribution in [0.5, 0.6) is 5.75 Å². The Morgan fingerprint density at radius 3 is 1.91 bits per heavy atom. The molecule has 3 nitrogen and oxygen atoms in total. The Morgan fingerprint density at radius 1 is 0.826 bits per heavy atom. The lowest BCUT2D eigenvalue weighted by atomic mass is 10.3. The second-order valence-corrected chi connectivity index (χ2v) is 6.77. The maximum absolute atomic E-state index is 12.0. The molecule has 0 fully saturated rings. The van der Waals surface area contributed by atoms with Gasteiger partial charge in [0.05, 0.1) is 25.8 Å². The van der Waals surface area contributed by atoms with Crippen molar-refractivity contribution in [1.82, 2.24) is 0 Å². The van der Waals surface area contributed by atoms with Gasteiger partial charge in [-0.15, -0.1) is 0 Å². The van der Waals surface area contributed by atoms with Gasteiger partial charge in [-0.05, 0) is 18.2 Å². The molecule has 0 spiro atoms. The Labute approximate surface area is 166 Å². The average Bonchev–Trinajstić information content (AvgIpc) is 2.51. The van der Waals surface area contributed by atoms with Crippen LogP contribution in [0.4, 0.5) is 10.5 Å². The Hall–Kier alpha value is -0.260. The smallest absolute Gasteiger partial charge is 0.407 e. The van der Waals surface area contributed by atoms with E-state index in [1.807, 2.05) is 0 Å². The molecule has 0 bridgehead atoms. The van der Waals surface area contributed by atoms with Gasteiger partial charge in [-0.3, -0.25) is 5.32 Å². The summed E-state index contributed by atoms with van der Waals surface area (Å²) in [6.07, 6.45) is -0.924. The number of anilines is 1. The molecule has 10 heteroatoms. The Balaban J connectivity index is 2.29. The molecule has 122 valence electrons. The third kappa shape index (κ3) is 4.23. The van der Waals surface area contributed by atoms with Crippen molar-refractivity contribution in [2.75, 3.05) is 5.32 Å². The van der Waals surface area contributed by atoms with Gasteiger partial charge in [0.15, 0.2) is 5.75 Å². The highest BCUT2D eigenvalue weighted by Crippen LogP contribution is 2.48. The molecule has 2 aromatic rings. The van der Waals surface area contributed by atoms with Crippen LogP contribution in [0.1, 0.15) is 0 Å². The molecule has 1 amide bonds. The standard InChI is InChI=1S/C13H4Cl7NO2/c14-4-1-2-5(15)6(3-4)21-13(22)23-12-10(19)8(17)7(16)9(18)11(12)20/h1-3H,(H,21,22). The fraction of sp³-hybridized carbons (Fsp3) is 0. The van der Waals surface area contributed by atoms with E-state index in [9.17, 15) is 4.79 Å². The van der Waals surface area contributed by atoms with E-state index in [1.165, 1.54) is 12.1 Å². The first-order valence-electron chi connectivity index (χ1n) is 5.67. The molecule has 1 N–H and O–H groups in total. The summed E-state index contributed by atoms with van der Waals surface area (Å²) in [6.45, 7) is 0. The summed E-state index contributed by atoms with van der Waals surface area (Å²) in [5, 5.41) is 2.49. The van der Waals surface area contributed by atoms with Crippen molar-refractivity contribution in [2.24, 2.45) is 0 Å². The number of nitrogens with one attached hydrogen (secondary N) is 1. The highest BCUT2D eigenvalue weighted by Gasteiger charge is 2.23. The summed E-state index contributed by atoms with van der Waals surface area (Å²) >= 11 is 41.3. The number of hydrogen-bond acceptors (Lipinski definition) is 2. The first kappa shape index (κ1) is 19.1. The van der Waals surface area contributed by atoms with Crippen molar-refractivity contribution in [3.8, 4) is 5.75 Å². The zero-order chi connectivity index (χ0) is 17.3. The van der Waals surface area contributed by atoms with Crippen LogP contribution in [0.3, 0.4) is 0 Å². The van der Waals surface area contributed by atoms with Gasteiger partial charge in [0.1, 0.15) is 10.0 Å². The molecule has 0 saturated carbocycles.